The quantitative estimate of drug-likeness (QED) is 0.890. The molecule has 4 bridgehead atoms. The van der Waals surface area contributed by atoms with Gasteiger partial charge in [-0.25, -0.2) is 4.79 Å². The van der Waals surface area contributed by atoms with E-state index in [4.69, 9.17) is 0 Å². The summed E-state index contributed by atoms with van der Waals surface area (Å²) in [6.07, 6.45) is 6.82. The third-order valence-electron chi connectivity index (χ3n) is 6.26. The van der Waals surface area contributed by atoms with Gasteiger partial charge in [-0.3, -0.25) is 4.79 Å². The molecule has 4 nitrogen and oxygen atoms in total. The Balaban J connectivity index is 1.63. The summed E-state index contributed by atoms with van der Waals surface area (Å²) in [6.45, 7) is 1.85. The van der Waals surface area contributed by atoms with Gasteiger partial charge in [0, 0.05) is 0 Å². The first kappa shape index (κ1) is 14.7. The molecule has 0 saturated heterocycles. The highest BCUT2D eigenvalue weighted by Crippen LogP contribution is 2.60. The number of carboxylic acid groups (broad SMARTS) is 1. The van der Waals surface area contributed by atoms with E-state index in [1.165, 1.54) is 19.3 Å². The van der Waals surface area contributed by atoms with Crippen LogP contribution in [0.1, 0.15) is 54.4 Å². The van der Waals surface area contributed by atoms with Crippen molar-refractivity contribution in [3.8, 4) is 0 Å². The number of benzene rings is 1. The fourth-order valence-corrected chi connectivity index (χ4v) is 5.65. The van der Waals surface area contributed by atoms with Gasteiger partial charge in [-0.15, -0.1) is 0 Å². The van der Waals surface area contributed by atoms with Crippen LogP contribution in [0.5, 0.6) is 0 Å². The van der Waals surface area contributed by atoms with E-state index in [2.05, 4.69) is 5.32 Å². The summed E-state index contributed by atoms with van der Waals surface area (Å²) < 4.78 is 0. The molecule has 0 aromatic heterocycles. The topological polar surface area (TPSA) is 66.4 Å². The first-order valence-corrected chi connectivity index (χ1v) is 8.61. The molecule has 4 aliphatic carbocycles. The maximum absolute atomic E-state index is 13.1. The lowest BCUT2D eigenvalue weighted by molar-refractivity contribution is -0.140. The van der Waals surface area contributed by atoms with Gasteiger partial charge < -0.3 is 10.4 Å². The molecule has 2 N–H and O–H groups in total. The Bertz CT molecular complexity index is 644. The van der Waals surface area contributed by atoms with Gasteiger partial charge in [-0.05, 0) is 74.8 Å². The van der Waals surface area contributed by atoms with Crippen LogP contribution in [-0.2, 0) is 4.79 Å². The molecule has 4 saturated carbocycles. The van der Waals surface area contributed by atoms with Gasteiger partial charge >= 0.3 is 5.97 Å². The molecule has 0 heterocycles. The number of anilines is 1. The average Bonchev–Trinajstić information content (AvgIpc) is 2.47. The largest absolute Gasteiger partial charge is 0.478 e. The van der Waals surface area contributed by atoms with E-state index in [-0.39, 0.29) is 16.9 Å². The molecule has 0 spiro atoms. The Kier molecular flexibility index (Phi) is 3.26. The van der Waals surface area contributed by atoms with Crippen molar-refractivity contribution in [1.82, 2.24) is 0 Å². The molecule has 4 fully saturated rings. The number of hydrogen-bond acceptors (Lipinski definition) is 2. The fraction of sp³-hybridized carbons (Fsp3) is 0.579. The van der Waals surface area contributed by atoms with Crippen molar-refractivity contribution in [2.24, 2.45) is 23.2 Å². The lowest BCUT2D eigenvalue weighted by Crippen LogP contribution is -2.51. The number of nitrogens with one attached hydrogen (secondary N) is 1. The summed E-state index contributed by atoms with van der Waals surface area (Å²) in [5, 5.41) is 12.4. The van der Waals surface area contributed by atoms with E-state index < -0.39 is 5.97 Å². The van der Waals surface area contributed by atoms with E-state index in [9.17, 15) is 14.7 Å². The van der Waals surface area contributed by atoms with Crippen molar-refractivity contribution in [3.63, 3.8) is 0 Å². The molecule has 122 valence electrons. The van der Waals surface area contributed by atoms with E-state index in [0.717, 1.165) is 24.8 Å². The van der Waals surface area contributed by atoms with Gasteiger partial charge in [0.1, 0.15) is 0 Å². The second-order valence-corrected chi connectivity index (χ2v) is 7.95. The van der Waals surface area contributed by atoms with Crippen molar-refractivity contribution >= 4 is 17.6 Å². The molecular weight excluding hydrogens is 290 g/mol. The number of carbonyl (C=O) groups excluding carboxylic acids is 1. The maximum atomic E-state index is 13.1. The van der Waals surface area contributed by atoms with Crippen LogP contribution in [0.4, 0.5) is 5.69 Å². The Morgan fingerprint density at radius 2 is 1.65 bits per heavy atom. The van der Waals surface area contributed by atoms with E-state index in [1.54, 1.807) is 12.1 Å². The van der Waals surface area contributed by atoms with Gasteiger partial charge in [-0.2, -0.15) is 0 Å². The van der Waals surface area contributed by atoms with E-state index >= 15 is 0 Å². The Morgan fingerprint density at radius 1 is 1.09 bits per heavy atom. The second-order valence-electron chi connectivity index (χ2n) is 7.95. The molecule has 1 aromatic carbocycles. The molecule has 1 amide bonds. The van der Waals surface area contributed by atoms with Crippen molar-refractivity contribution in [1.29, 1.82) is 0 Å². The van der Waals surface area contributed by atoms with Crippen molar-refractivity contribution in [2.45, 2.75) is 45.4 Å². The Morgan fingerprint density at radius 3 is 2.17 bits per heavy atom. The van der Waals surface area contributed by atoms with Crippen LogP contribution >= 0.6 is 0 Å². The average molecular weight is 313 g/mol. The molecule has 0 radical (unpaired) electrons. The number of aryl methyl sites for hydroxylation is 1. The van der Waals surface area contributed by atoms with Crippen molar-refractivity contribution in [3.05, 3.63) is 29.3 Å². The SMILES string of the molecule is Cc1cccc(C(=O)O)c1NC(=O)C12CC3CC(CC(C3)C1)C2. The monoisotopic (exact) mass is 313 g/mol. The predicted octanol–water partition coefficient (Wildman–Crippen LogP) is 3.85. The molecule has 0 atom stereocenters. The molecule has 4 heteroatoms. The normalized spacial score (nSPS) is 34.4. The second kappa shape index (κ2) is 5.08. The summed E-state index contributed by atoms with van der Waals surface area (Å²) in [5.41, 5.74) is 1.21. The zero-order valence-corrected chi connectivity index (χ0v) is 13.5. The van der Waals surface area contributed by atoms with E-state index in [0.29, 0.717) is 23.4 Å². The highest BCUT2D eigenvalue weighted by atomic mass is 16.4. The third-order valence-corrected chi connectivity index (χ3v) is 6.26. The van der Waals surface area contributed by atoms with Gasteiger partial charge in [-0.1, -0.05) is 12.1 Å². The van der Waals surface area contributed by atoms with Gasteiger partial charge in [0.05, 0.1) is 16.7 Å². The predicted molar refractivity (Wildman–Crippen MR) is 87.4 cm³/mol. The number of para-hydroxylation sites is 1. The van der Waals surface area contributed by atoms with Crippen LogP contribution in [0.15, 0.2) is 18.2 Å². The van der Waals surface area contributed by atoms with Gasteiger partial charge in [0.15, 0.2) is 0 Å². The van der Waals surface area contributed by atoms with Crippen LogP contribution in [0.3, 0.4) is 0 Å². The summed E-state index contributed by atoms with van der Waals surface area (Å²) in [4.78, 5) is 24.5. The van der Waals surface area contributed by atoms with E-state index in [1.807, 2.05) is 13.0 Å². The summed E-state index contributed by atoms with van der Waals surface area (Å²) in [5.74, 6) is 1.15. The highest BCUT2D eigenvalue weighted by molar-refractivity contribution is 6.03. The molecule has 4 aliphatic rings. The zero-order valence-electron chi connectivity index (χ0n) is 13.5. The first-order valence-electron chi connectivity index (χ1n) is 8.61. The number of rotatable bonds is 3. The number of hydrogen-bond donors (Lipinski definition) is 2. The fourth-order valence-electron chi connectivity index (χ4n) is 5.65. The minimum atomic E-state index is -0.991. The summed E-state index contributed by atoms with van der Waals surface area (Å²) in [6, 6.07) is 5.13. The Labute approximate surface area is 136 Å². The molecule has 0 unspecified atom stereocenters. The van der Waals surface area contributed by atoms with Crippen LogP contribution in [-0.4, -0.2) is 17.0 Å². The van der Waals surface area contributed by atoms with Gasteiger partial charge in [0.25, 0.3) is 0 Å². The molecule has 0 aliphatic heterocycles. The van der Waals surface area contributed by atoms with Crippen LogP contribution < -0.4 is 5.32 Å². The van der Waals surface area contributed by atoms with Crippen LogP contribution in [0.2, 0.25) is 0 Å². The zero-order chi connectivity index (χ0) is 16.2. The number of aromatic carboxylic acids is 1. The smallest absolute Gasteiger partial charge is 0.337 e. The number of carbonyl (C=O) groups is 2. The molecule has 5 rings (SSSR count). The van der Waals surface area contributed by atoms with Crippen LogP contribution in [0.25, 0.3) is 0 Å². The maximum Gasteiger partial charge on any atom is 0.337 e. The van der Waals surface area contributed by atoms with Crippen molar-refractivity contribution in [2.75, 3.05) is 5.32 Å². The molecule has 1 aromatic rings. The molecule has 23 heavy (non-hydrogen) atoms. The highest BCUT2D eigenvalue weighted by Gasteiger charge is 2.54. The number of amides is 1. The minimum absolute atomic E-state index is 0.0494. The van der Waals surface area contributed by atoms with Crippen molar-refractivity contribution < 1.29 is 14.7 Å². The summed E-state index contributed by atoms with van der Waals surface area (Å²) >= 11 is 0. The number of carboxylic acids is 1. The van der Waals surface area contributed by atoms with Crippen LogP contribution in [0, 0.1) is 30.1 Å². The summed E-state index contributed by atoms with van der Waals surface area (Å²) in [7, 11) is 0. The first-order chi connectivity index (χ1) is 11.0. The minimum Gasteiger partial charge on any atom is -0.478 e. The standard InChI is InChI=1S/C19H23NO3/c1-11-3-2-4-15(17(21)22)16(11)20-18(23)19-8-12-5-13(9-19)7-14(6-12)10-19/h2-4,12-14H,5-10H2,1H3,(H,20,23)(H,21,22). The Hall–Kier alpha value is -1.84. The van der Waals surface area contributed by atoms with Gasteiger partial charge in [0.2, 0.25) is 5.91 Å². The lowest BCUT2D eigenvalue weighted by atomic mass is 9.49. The lowest BCUT2D eigenvalue weighted by Gasteiger charge is -2.55. The molecular formula is C19H23NO3. The third kappa shape index (κ3) is 2.35.